The second-order valence-corrected chi connectivity index (χ2v) is 13.1. The normalized spacial score (nSPS) is 24.9. The molecule has 0 aromatic heterocycles. The molecule has 2 amide bonds. The van der Waals surface area contributed by atoms with Crippen molar-refractivity contribution in [2.24, 2.45) is 16.5 Å². The van der Waals surface area contributed by atoms with E-state index < -0.39 is 11.5 Å². The lowest BCUT2D eigenvalue weighted by Gasteiger charge is -2.54. The topological polar surface area (TPSA) is 90.8 Å². The van der Waals surface area contributed by atoms with Crippen molar-refractivity contribution in [3.8, 4) is 0 Å². The fraction of sp³-hybridized carbons (Fsp3) is 0.400. The lowest BCUT2D eigenvalue weighted by atomic mass is 9.49. The van der Waals surface area contributed by atoms with E-state index in [-0.39, 0.29) is 23.1 Å². The van der Waals surface area contributed by atoms with E-state index in [9.17, 15) is 14.8 Å². The molecule has 2 aliphatic rings. The van der Waals surface area contributed by atoms with Crippen LogP contribution in [0.2, 0.25) is 5.02 Å². The summed E-state index contributed by atoms with van der Waals surface area (Å²) >= 11 is 6.04. The van der Waals surface area contributed by atoms with Crippen molar-refractivity contribution in [3.63, 3.8) is 0 Å². The molecule has 3 aromatic rings. The number of anilines is 1. The van der Waals surface area contributed by atoms with Gasteiger partial charge < -0.3 is 15.8 Å². The van der Waals surface area contributed by atoms with Crippen molar-refractivity contribution in [3.05, 3.63) is 100 Å². The van der Waals surface area contributed by atoms with Gasteiger partial charge in [0.1, 0.15) is 6.04 Å². The molecule has 3 N–H and O–H groups in total. The molecule has 0 saturated heterocycles. The molecular formula is C35H40ClN3O3. The van der Waals surface area contributed by atoms with Gasteiger partial charge in [0.25, 0.3) is 0 Å². The summed E-state index contributed by atoms with van der Waals surface area (Å²) in [5, 5.41) is 20.6. The summed E-state index contributed by atoms with van der Waals surface area (Å²) in [6.07, 6.45) is 3.36. The Bertz CT molecular complexity index is 1490. The van der Waals surface area contributed by atoms with Crippen molar-refractivity contribution < 1.29 is 14.8 Å². The second kappa shape index (κ2) is 11.9. The van der Waals surface area contributed by atoms with Crippen LogP contribution in [0.4, 0.5) is 5.69 Å². The van der Waals surface area contributed by atoms with Crippen LogP contribution < -0.4 is 10.6 Å². The minimum atomic E-state index is -0.781. The molecule has 0 spiro atoms. The van der Waals surface area contributed by atoms with Gasteiger partial charge in [-0.3, -0.25) is 9.59 Å². The molecule has 42 heavy (non-hydrogen) atoms. The number of oxime groups is 1. The molecule has 0 bridgehead atoms. The third-order valence-corrected chi connectivity index (χ3v) is 9.87. The van der Waals surface area contributed by atoms with Gasteiger partial charge in [0.05, 0.1) is 11.1 Å². The van der Waals surface area contributed by atoms with Gasteiger partial charge >= 0.3 is 0 Å². The Hall–Kier alpha value is -3.64. The number of halogens is 1. The highest BCUT2D eigenvalue weighted by Gasteiger charge is 2.56. The molecule has 6 nitrogen and oxygen atoms in total. The molecule has 0 radical (unpaired) electrons. The number of nitrogens with one attached hydrogen (secondary N) is 2. The minimum Gasteiger partial charge on any atom is -0.411 e. The molecule has 4 atom stereocenters. The van der Waals surface area contributed by atoms with E-state index in [0.29, 0.717) is 41.6 Å². The largest absolute Gasteiger partial charge is 0.411 e. The summed E-state index contributed by atoms with van der Waals surface area (Å²) < 4.78 is 0. The van der Waals surface area contributed by atoms with E-state index in [1.54, 1.807) is 24.3 Å². The van der Waals surface area contributed by atoms with Crippen LogP contribution in [0.1, 0.15) is 81.5 Å². The zero-order valence-corrected chi connectivity index (χ0v) is 25.5. The maximum Gasteiger partial charge on any atom is 0.247 e. The van der Waals surface area contributed by atoms with Crippen molar-refractivity contribution in [1.82, 2.24) is 5.32 Å². The van der Waals surface area contributed by atoms with Gasteiger partial charge in [0, 0.05) is 22.7 Å². The molecule has 1 saturated carbocycles. The van der Waals surface area contributed by atoms with E-state index in [1.165, 1.54) is 5.56 Å². The molecule has 220 valence electrons. The van der Waals surface area contributed by atoms with Gasteiger partial charge in [-0.15, -0.1) is 0 Å². The molecule has 0 unspecified atom stereocenters. The Balaban J connectivity index is 1.46. The standard InChI is InChI=1S/C35H40ClN3O3/c1-22(2)24-11-16-28-27(20-24)29(39-42)21-31-34(28,3)17-8-18-35(31,4)33(41)38-30(19-23-9-6-5-7-10-23)32(40)37-26-14-12-25(36)13-15-26/h5-7,9-16,20,22,30-31,42H,8,17-19,21H2,1-4H3,(H,37,40)(H,38,41)/b39-29-/t30-,31+,34+,35+/m0/s1. The molecule has 5 rings (SSSR count). The van der Waals surface area contributed by atoms with Gasteiger partial charge in [-0.25, -0.2) is 0 Å². The first-order valence-corrected chi connectivity index (χ1v) is 15.2. The van der Waals surface area contributed by atoms with Crippen molar-refractivity contribution in [2.45, 2.75) is 77.2 Å². The van der Waals surface area contributed by atoms with Gasteiger partial charge in [-0.1, -0.05) is 93.3 Å². The minimum absolute atomic E-state index is 0.0984. The van der Waals surface area contributed by atoms with Gasteiger partial charge in [0.15, 0.2) is 0 Å². The number of carbonyl (C=O) groups is 2. The summed E-state index contributed by atoms with van der Waals surface area (Å²) in [6, 6.07) is 22.3. The fourth-order valence-corrected chi connectivity index (χ4v) is 7.25. The number of hydrogen-bond donors (Lipinski definition) is 3. The fourth-order valence-electron chi connectivity index (χ4n) is 7.12. The Labute approximate surface area is 253 Å². The van der Waals surface area contributed by atoms with Crippen LogP contribution >= 0.6 is 11.6 Å². The Morgan fingerprint density at radius 2 is 1.74 bits per heavy atom. The Kier molecular flexibility index (Phi) is 8.47. The second-order valence-electron chi connectivity index (χ2n) is 12.7. The molecule has 3 aromatic carbocycles. The van der Waals surface area contributed by atoms with E-state index >= 15 is 0 Å². The monoisotopic (exact) mass is 585 g/mol. The third-order valence-electron chi connectivity index (χ3n) is 9.62. The van der Waals surface area contributed by atoms with Crippen LogP contribution in [0.5, 0.6) is 0 Å². The highest BCUT2D eigenvalue weighted by Crippen LogP contribution is 2.57. The van der Waals surface area contributed by atoms with E-state index in [0.717, 1.165) is 29.5 Å². The predicted molar refractivity (Wildman–Crippen MR) is 168 cm³/mol. The van der Waals surface area contributed by atoms with Crippen molar-refractivity contribution >= 4 is 34.8 Å². The van der Waals surface area contributed by atoms with Crippen LogP contribution in [-0.4, -0.2) is 28.8 Å². The average Bonchev–Trinajstić information content (AvgIpc) is 2.98. The quantitative estimate of drug-likeness (QED) is 0.198. The van der Waals surface area contributed by atoms with E-state index in [1.807, 2.05) is 37.3 Å². The number of fused-ring (bicyclic) bond motifs is 3. The predicted octanol–water partition coefficient (Wildman–Crippen LogP) is 7.48. The summed E-state index contributed by atoms with van der Waals surface area (Å²) in [5.74, 6) is -0.183. The van der Waals surface area contributed by atoms with E-state index in [2.05, 4.69) is 54.8 Å². The zero-order chi connectivity index (χ0) is 30.1. The highest BCUT2D eigenvalue weighted by molar-refractivity contribution is 6.30. The van der Waals surface area contributed by atoms with Crippen LogP contribution in [0.3, 0.4) is 0 Å². The lowest BCUT2D eigenvalue weighted by Crippen LogP contribution is -2.58. The summed E-state index contributed by atoms with van der Waals surface area (Å²) in [6.45, 7) is 8.58. The number of hydrogen-bond acceptors (Lipinski definition) is 4. The number of benzene rings is 3. The zero-order valence-electron chi connectivity index (χ0n) is 24.8. The first kappa shape index (κ1) is 29.8. The lowest BCUT2D eigenvalue weighted by molar-refractivity contribution is -0.140. The van der Waals surface area contributed by atoms with Gasteiger partial charge in [-0.05, 0) is 83.5 Å². The molecule has 0 aliphatic heterocycles. The van der Waals surface area contributed by atoms with Crippen LogP contribution in [0.25, 0.3) is 0 Å². The Morgan fingerprint density at radius 3 is 2.40 bits per heavy atom. The maximum atomic E-state index is 14.4. The SMILES string of the molecule is CC(C)c1ccc2c(c1)/C(=N\O)C[C@H]1[C@](C)(C(=O)N[C@@H](Cc3ccccc3)C(=O)Nc3ccc(Cl)cc3)CCC[C@]21C. The van der Waals surface area contributed by atoms with Crippen LogP contribution in [0.15, 0.2) is 78.0 Å². The molecule has 2 aliphatic carbocycles. The molecular weight excluding hydrogens is 546 g/mol. The van der Waals surface area contributed by atoms with Gasteiger partial charge in [0.2, 0.25) is 11.8 Å². The summed E-state index contributed by atoms with van der Waals surface area (Å²) in [4.78, 5) is 28.0. The Morgan fingerprint density at radius 1 is 1.02 bits per heavy atom. The molecule has 1 fully saturated rings. The number of carbonyl (C=O) groups excluding carboxylic acids is 2. The average molecular weight is 586 g/mol. The van der Waals surface area contributed by atoms with E-state index in [4.69, 9.17) is 11.6 Å². The third kappa shape index (κ3) is 5.69. The van der Waals surface area contributed by atoms with Crippen molar-refractivity contribution in [1.29, 1.82) is 0 Å². The first-order chi connectivity index (χ1) is 20.0. The number of amides is 2. The first-order valence-electron chi connectivity index (χ1n) is 14.8. The summed E-state index contributed by atoms with van der Waals surface area (Å²) in [7, 11) is 0. The van der Waals surface area contributed by atoms with Gasteiger partial charge in [-0.2, -0.15) is 0 Å². The number of rotatable bonds is 7. The number of nitrogens with zero attached hydrogens (tertiary/aromatic N) is 1. The molecule has 7 heteroatoms. The van der Waals surface area contributed by atoms with Crippen LogP contribution in [-0.2, 0) is 21.4 Å². The maximum absolute atomic E-state index is 14.4. The van der Waals surface area contributed by atoms with Crippen molar-refractivity contribution in [2.75, 3.05) is 5.32 Å². The smallest absolute Gasteiger partial charge is 0.247 e. The van der Waals surface area contributed by atoms with Crippen LogP contribution in [0, 0.1) is 11.3 Å². The summed E-state index contributed by atoms with van der Waals surface area (Å²) in [5.41, 5.74) is 4.46. The highest BCUT2D eigenvalue weighted by atomic mass is 35.5. The molecule has 0 heterocycles.